The summed E-state index contributed by atoms with van der Waals surface area (Å²) in [4.78, 5) is 0. The van der Waals surface area contributed by atoms with Crippen LogP contribution in [0.4, 0.5) is 5.13 Å². The highest BCUT2D eigenvalue weighted by Gasteiger charge is 2.37. The first-order valence-electron chi connectivity index (χ1n) is 9.26. The Bertz CT molecular complexity index is 987. The van der Waals surface area contributed by atoms with Crippen LogP contribution in [0.15, 0.2) is 48.5 Å². The van der Waals surface area contributed by atoms with Crippen LogP contribution >= 0.6 is 30.5 Å². The fraction of sp³-hybridized carbons (Fsp3) is 0.300. The molecule has 1 N–H and O–H groups in total. The summed E-state index contributed by atoms with van der Waals surface area (Å²) in [5.74, 6) is -0.738. The van der Waals surface area contributed by atoms with E-state index in [2.05, 4.69) is 15.5 Å². The van der Waals surface area contributed by atoms with Gasteiger partial charge < -0.3 is 14.4 Å². The summed E-state index contributed by atoms with van der Waals surface area (Å²) in [5.41, 5.74) is 2.85. The van der Waals surface area contributed by atoms with Gasteiger partial charge in [-0.1, -0.05) is 58.8 Å². The van der Waals surface area contributed by atoms with E-state index in [1.807, 2.05) is 31.2 Å². The van der Waals surface area contributed by atoms with E-state index in [1.54, 1.807) is 38.1 Å². The molecule has 154 valence electrons. The summed E-state index contributed by atoms with van der Waals surface area (Å²) in [6.07, 6.45) is 0. The zero-order chi connectivity index (χ0) is 20.9. The molecule has 1 heterocycles. The van der Waals surface area contributed by atoms with Gasteiger partial charge >= 0.3 is 7.60 Å². The van der Waals surface area contributed by atoms with E-state index < -0.39 is 13.4 Å². The smallest absolute Gasteiger partial charge is 0.342 e. The predicted octanol–water partition coefficient (Wildman–Crippen LogP) is 6.54. The van der Waals surface area contributed by atoms with E-state index in [1.165, 1.54) is 11.3 Å². The molecule has 0 saturated heterocycles. The summed E-state index contributed by atoms with van der Waals surface area (Å²) in [7, 11) is -3.52. The molecule has 1 unspecified atom stereocenters. The lowest BCUT2D eigenvalue weighted by Gasteiger charge is -2.27. The zero-order valence-corrected chi connectivity index (χ0v) is 18.9. The first-order valence-corrected chi connectivity index (χ1v) is 12.1. The van der Waals surface area contributed by atoms with Gasteiger partial charge in [-0.3, -0.25) is 4.57 Å². The fourth-order valence-corrected chi connectivity index (χ4v) is 5.72. The predicted molar refractivity (Wildman–Crippen MR) is 119 cm³/mol. The third-order valence-electron chi connectivity index (χ3n) is 4.07. The van der Waals surface area contributed by atoms with Crippen molar-refractivity contribution in [3.8, 4) is 10.6 Å². The number of hydrogen-bond acceptors (Lipinski definition) is 7. The van der Waals surface area contributed by atoms with Crippen molar-refractivity contribution >= 4 is 35.7 Å². The molecule has 0 bridgehead atoms. The Kier molecular flexibility index (Phi) is 7.44. The number of halogens is 1. The van der Waals surface area contributed by atoms with Crippen LogP contribution in [0.2, 0.25) is 5.02 Å². The second-order valence-corrected chi connectivity index (χ2v) is 9.78. The quantitative estimate of drug-likeness (QED) is 0.372. The van der Waals surface area contributed by atoms with Crippen molar-refractivity contribution in [2.75, 3.05) is 18.5 Å². The Labute approximate surface area is 179 Å². The molecule has 0 aliphatic heterocycles. The van der Waals surface area contributed by atoms with Crippen LogP contribution < -0.4 is 5.32 Å². The van der Waals surface area contributed by atoms with E-state index in [-0.39, 0.29) is 13.2 Å². The third kappa shape index (κ3) is 5.44. The van der Waals surface area contributed by atoms with Crippen LogP contribution in [0.3, 0.4) is 0 Å². The minimum absolute atomic E-state index is 0.258. The summed E-state index contributed by atoms with van der Waals surface area (Å²) in [6, 6.07) is 15.1. The molecule has 29 heavy (non-hydrogen) atoms. The maximum atomic E-state index is 13.5. The molecule has 0 radical (unpaired) electrons. The maximum Gasteiger partial charge on any atom is 0.357 e. The molecular weight excluding hydrogens is 429 g/mol. The highest BCUT2D eigenvalue weighted by atomic mass is 35.5. The third-order valence-corrected chi connectivity index (χ3v) is 7.52. The van der Waals surface area contributed by atoms with Gasteiger partial charge in [0.1, 0.15) is 5.01 Å². The minimum atomic E-state index is -3.52. The van der Waals surface area contributed by atoms with Gasteiger partial charge in [-0.05, 0) is 44.5 Å². The van der Waals surface area contributed by atoms with E-state index >= 15 is 0 Å². The Morgan fingerprint density at radius 2 is 1.79 bits per heavy atom. The highest BCUT2D eigenvalue weighted by molar-refractivity contribution is 7.54. The molecule has 0 aliphatic rings. The van der Waals surface area contributed by atoms with Gasteiger partial charge in [0, 0.05) is 10.6 Å². The van der Waals surface area contributed by atoms with Crippen LogP contribution in [0, 0.1) is 6.92 Å². The molecule has 3 rings (SSSR count). The molecule has 2 aromatic carbocycles. The molecule has 9 heteroatoms. The largest absolute Gasteiger partial charge is 0.357 e. The first-order chi connectivity index (χ1) is 13.9. The number of aromatic nitrogens is 2. The number of hydrogen-bond donors (Lipinski definition) is 1. The lowest BCUT2D eigenvalue weighted by atomic mass is 10.1. The number of rotatable bonds is 9. The number of benzene rings is 2. The molecule has 1 aromatic heterocycles. The van der Waals surface area contributed by atoms with E-state index in [4.69, 9.17) is 20.6 Å². The van der Waals surface area contributed by atoms with Gasteiger partial charge in [-0.2, -0.15) is 0 Å². The number of aryl methyl sites for hydroxylation is 1. The van der Waals surface area contributed by atoms with Gasteiger partial charge in [0.15, 0.2) is 5.78 Å². The molecule has 0 saturated carbocycles. The standard InChI is InChI=1S/C20H23ClN3O3PS/c1-4-26-28(25,27-5-2)18(15-9-11-17(21)12-10-15)22-20-24-23-19(29-20)16-8-6-7-14(3)13-16/h6-13,18H,4-5H2,1-3H3,(H,22,24). The zero-order valence-electron chi connectivity index (χ0n) is 16.5. The first kappa shape index (κ1) is 21.9. The Morgan fingerprint density at radius 1 is 1.10 bits per heavy atom. The molecule has 6 nitrogen and oxygen atoms in total. The van der Waals surface area contributed by atoms with Crippen molar-refractivity contribution in [3.05, 3.63) is 64.7 Å². The van der Waals surface area contributed by atoms with Gasteiger partial charge in [0.2, 0.25) is 5.13 Å². The molecule has 0 spiro atoms. The Morgan fingerprint density at radius 3 is 2.41 bits per heavy atom. The topological polar surface area (TPSA) is 73.3 Å². The SMILES string of the molecule is CCOP(=O)(OCC)C(Nc1nnc(-c2cccc(C)c2)s1)c1ccc(Cl)cc1. The van der Waals surface area contributed by atoms with Crippen molar-refractivity contribution in [1.29, 1.82) is 0 Å². The monoisotopic (exact) mass is 451 g/mol. The summed E-state index contributed by atoms with van der Waals surface area (Å²) in [5, 5.41) is 13.6. The molecule has 3 aromatic rings. The van der Waals surface area contributed by atoms with Gasteiger partial charge in [0.05, 0.1) is 13.2 Å². The molecule has 1 atom stereocenters. The van der Waals surface area contributed by atoms with E-state index in [9.17, 15) is 4.57 Å². The average Bonchev–Trinajstić information content (AvgIpc) is 3.16. The van der Waals surface area contributed by atoms with Crippen molar-refractivity contribution < 1.29 is 13.6 Å². The second-order valence-electron chi connectivity index (χ2n) is 6.26. The average molecular weight is 452 g/mol. The molecular formula is C20H23ClN3O3PS. The van der Waals surface area contributed by atoms with Gasteiger partial charge in [-0.25, -0.2) is 0 Å². The van der Waals surface area contributed by atoms with Crippen molar-refractivity contribution in [2.45, 2.75) is 26.6 Å². The number of nitrogens with zero attached hydrogens (tertiary/aromatic N) is 2. The van der Waals surface area contributed by atoms with Crippen LogP contribution in [-0.2, 0) is 13.6 Å². The number of nitrogens with one attached hydrogen (secondary N) is 1. The second kappa shape index (κ2) is 9.83. The van der Waals surface area contributed by atoms with Crippen molar-refractivity contribution in [1.82, 2.24) is 10.2 Å². The van der Waals surface area contributed by atoms with Crippen LogP contribution in [0.5, 0.6) is 0 Å². The van der Waals surface area contributed by atoms with Crippen LogP contribution in [0.25, 0.3) is 10.6 Å². The molecule has 0 aliphatic carbocycles. The number of anilines is 1. The Balaban J connectivity index is 1.95. The van der Waals surface area contributed by atoms with Crippen LogP contribution in [-0.4, -0.2) is 23.4 Å². The van der Waals surface area contributed by atoms with Crippen LogP contribution in [0.1, 0.15) is 30.8 Å². The van der Waals surface area contributed by atoms with Crippen molar-refractivity contribution in [3.63, 3.8) is 0 Å². The maximum absolute atomic E-state index is 13.5. The summed E-state index contributed by atoms with van der Waals surface area (Å²) >= 11 is 7.41. The summed E-state index contributed by atoms with van der Waals surface area (Å²) < 4.78 is 24.7. The van der Waals surface area contributed by atoms with Gasteiger partial charge in [-0.15, -0.1) is 10.2 Å². The van der Waals surface area contributed by atoms with E-state index in [0.717, 1.165) is 21.7 Å². The normalized spacial score (nSPS) is 12.7. The minimum Gasteiger partial charge on any atom is -0.342 e. The van der Waals surface area contributed by atoms with Gasteiger partial charge in [0.25, 0.3) is 0 Å². The lowest BCUT2D eigenvalue weighted by Crippen LogP contribution is -2.15. The summed E-state index contributed by atoms with van der Waals surface area (Å²) in [6.45, 7) is 6.11. The molecule has 0 fully saturated rings. The Hall–Kier alpha value is -1.76. The highest BCUT2D eigenvalue weighted by Crippen LogP contribution is 2.61. The molecule has 0 amide bonds. The van der Waals surface area contributed by atoms with E-state index in [0.29, 0.717) is 10.2 Å². The lowest BCUT2D eigenvalue weighted by molar-refractivity contribution is 0.214. The van der Waals surface area contributed by atoms with Crippen molar-refractivity contribution in [2.24, 2.45) is 0 Å². The fourth-order valence-electron chi connectivity index (χ4n) is 2.83.